The first-order valence-electron chi connectivity index (χ1n) is 10.3. The molecular formula is C24H23N5O4. The van der Waals surface area contributed by atoms with Gasteiger partial charge >= 0.3 is 11.8 Å². The number of amides is 2. The van der Waals surface area contributed by atoms with E-state index in [-0.39, 0.29) is 5.78 Å². The fourth-order valence-electron chi connectivity index (χ4n) is 3.49. The van der Waals surface area contributed by atoms with Gasteiger partial charge in [0.1, 0.15) is 5.75 Å². The van der Waals surface area contributed by atoms with Crippen LogP contribution in [0.15, 0.2) is 61.1 Å². The van der Waals surface area contributed by atoms with Crippen molar-refractivity contribution in [1.29, 1.82) is 0 Å². The number of nitrogens with one attached hydrogen (secondary N) is 3. The van der Waals surface area contributed by atoms with Gasteiger partial charge in [0, 0.05) is 54.3 Å². The average molecular weight is 445 g/mol. The van der Waals surface area contributed by atoms with Crippen molar-refractivity contribution in [2.45, 2.75) is 6.42 Å². The van der Waals surface area contributed by atoms with Crippen LogP contribution in [0.4, 0.5) is 5.69 Å². The van der Waals surface area contributed by atoms with Crippen molar-refractivity contribution in [1.82, 2.24) is 19.9 Å². The summed E-state index contributed by atoms with van der Waals surface area (Å²) in [4.78, 5) is 44.1. The Hall–Kier alpha value is -4.40. The molecule has 2 amide bonds. The van der Waals surface area contributed by atoms with Gasteiger partial charge in [0.05, 0.1) is 7.11 Å². The number of imidazole rings is 1. The van der Waals surface area contributed by atoms with Crippen LogP contribution in [0.3, 0.4) is 0 Å². The molecule has 2 aromatic heterocycles. The summed E-state index contributed by atoms with van der Waals surface area (Å²) in [7, 11) is 3.35. The highest BCUT2D eigenvalue weighted by molar-refractivity contribution is 6.39. The standard InChI is InChI=1S/C24H23N5O4/c1-29-12-11-25-22(29)21(30)15-3-5-17(6-4-15)28-24(32)23(31)26-10-9-16-14-27-20-8-7-18(33-2)13-19(16)20/h3-8,11-14,27H,9-10H2,1-2H3,(H,26,31)(H,28,32). The average Bonchev–Trinajstić information content (AvgIpc) is 3.44. The highest BCUT2D eigenvalue weighted by atomic mass is 16.5. The monoisotopic (exact) mass is 445 g/mol. The zero-order valence-electron chi connectivity index (χ0n) is 18.2. The molecular weight excluding hydrogens is 422 g/mol. The van der Waals surface area contributed by atoms with Crippen LogP contribution in [0.25, 0.3) is 10.9 Å². The zero-order valence-corrected chi connectivity index (χ0v) is 18.2. The Morgan fingerprint density at radius 3 is 2.58 bits per heavy atom. The molecule has 9 nitrogen and oxygen atoms in total. The molecule has 0 aliphatic carbocycles. The van der Waals surface area contributed by atoms with Gasteiger partial charge in [-0.2, -0.15) is 0 Å². The maximum Gasteiger partial charge on any atom is 0.313 e. The highest BCUT2D eigenvalue weighted by Gasteiger charge is 2.16. The van der Waals surface area contributed by atoms with Gasteiger partial charge in [-0.25, -0.2) is 4.98 Å². The molecule has 0 bridgehead atoms. The van der Waals surface area contributed by atoms with Gasteiger partial charge in [-0.3, -0.25) is 14.4 Å². The number of aromatic amines is 1. The molecule has 0 saturated heterocycles. The molecule has 0 saturated carbocycles. The maximum atomic E-state index is 12.5. The van der Waals surface area contributed by atoms with Crippen molar-refractivity contribution in [3.63, 3.8) is 0 Å². The van der Waals surface area contributed by atoms with E-state index >= 15 is 0 Å². The lowest BCUT2D eigenvalue weighted by Crippen LogP contribution is -2.36. The van der Waals surface area contributed by atoms with Crippen LogP contribution in [0.1, 0.15) is 21.7 Å². The SMILES string of the molecule is COc1ccc2[nH]cc(CCNC(=O)C(=O)Nc3ccc(C(=O)c4nccn4C)cc3)c2c1. The van der Waals surface area contributed by atoms with Crippen LogP contribution in [0.2, 0.25) is 0 Å². The first kappa shape index (κ1) is 21.8. The number of aromatic nitrogens is 3. The minimum absolute atomic E-state index is 0.229. The number of benzene rings is 2. The number of anilines is 1. The van der Waals surface area contributed by atoms with Crippen molar-refractivity contribution < 1.29 is 19.1 Å². The quantitative estimate of drug-likeness (QED) is 0.298. The van der Waals surface area contributed by atoms with Gasteiger partial charge in [-0.05, 0) is 54.4 Å². The van der Waals surface area contributed by atoms with E-state index in [1.165, 1.54) is 0 Å². The van der Waals surface area contributed by atoms with E-state index in [1.807, 2.05) is 24.4 Å². The van der Waals surface area contributed by atoms with Gasteiger partial charge in [-0.1, -0.05) is 0 Å². The third-order valence-electron chi connectivity index (χ3n) is 5.29. The predicted molar refractivity (Wildman–Crippen MR) is 123 cm³/mol. The summed E-state index contributed by atoms with van der Waals surface area (Å²) < 4.78 is 6.90. The molecule has 2 heterocycles. The summed E-state index contributed by atoms with van der Waals surface area (Å²) in [6.45, 7) is 0.299. The Labute approximate surface area is 189 Å². The molecule has 0 aliphatic rings. The lowest BCUT2D eigenvalue weighted by atomic mass is 10.1. The van der Waals surface area contributed by atoms with E-state index in [2.05, 4.69) is 20.6 Å². The summed E-state index contributed by atoms with van der Waals surface area (Å²) in [5.41, 5.74) is 2.83. The molecule has 33 heavy (non-hydrogen) atoms. The highest BCUT2D eigenvalue weighted by Crippen LogP contribution is 2.23. The minimum Gasteiger partial charge on any atom is -0.497 e. The number of hydrogen-bond donors (Lipinski definition) is 3. The van der Waals surface area contributed by atoms with Crippen LogP contribution in [-0.2, 0) is 23.1 Å². The summed E-state index contributed by atoms with van der Waals surface area (Å²) in [5, 5.41) is 6.17. The Bertz CT molecular complexity index is 1320. The molecule has 0 spiro atoms. The van der Waals surface area contributed by atoms with Crippen molar-refractivity contribution in [2.24, 2.45) is 7.05 Å². The van der Waals surface area contributed by atoms with E-state index in [1.54, 1.807) is 55.4 Å². The number of aryl methyl sites for hydroxylation is 1. The molecule has 4 rings (SSSR count). The maximum absolute atomic E-state index is 12.5. The van der Waals surface area contributed by atoms with E-state index < -0.39 is 11.8 Å². The number of carbonyl (C=O) groups is 3. The van der Waals surface area contributed by atoms with Gasteiger partial charge in [0.15, 0.2) is 5.82 Å². The normalized spacial score (nSPS) is 10.7. The van der Waals surface area contributed by atoms with Crippen LogP contribution in [-0.4, -0.2) is 45.8 Å². The molecule has 0 atom stereocenters. The zero-order chi connectivity index (χ0) is 23.4. The number of carbonyl (C=O) groups excluding carboxylic acids is 3. The molecule has 0 radical (unpaired) electrons. The largest absolute Gasteiger partial charge is 0.497 e. The fraction of sp³-hybridized carbons (Fsp3) is 0.167. The fourth-order valence-corrected chi connectivity index (χ4v) is 3.49. The topological polar surface area (TPSA) is 118 Å². The summed E-state index contributed by atoms with van der Waals surface area (Å²) in [6, 6.07) is 12.0. The second kappa shape index (κ2) is 9.39. The third-order valence-corrected chi connectivity index (χ3v) is 5.29. The van der Waals surface area contributed by atoms with Crippen LogP contribution >= 0.6 is 0 Å². The van der Waals surface area contributed by atoms with Crippen molar-refractivity contribution in [3.05, 3.63) is 78.0 Å². The third kappa shape index (κ3) is 4.77. The molecule has 4 aromatic rings. The van der Waals surface area contributed by atoms with E-state index in [9.17, 15) is 14.4 Å². The molecule has 2 aromatic carbocycles. The van der Waals surface area contributed by atoms with Crippen LogP contribution < -0.4 is 15.4 Å². The van der Waals surface area contributed by atoms with Crippen LogP contribution in [0.5, 0.6) is 5.75 Å². The Kier molecular flexibility index (Phi) is 6.21. The lowest BCUT2D eigenvalue weighted by molar-refractivity contribution is -0.136. The second-order valence-corrected chi connectivity index (χ2v) is 7.45. The van der Waals surface area contributed by atoms with Crippen molar-refractivity contribution >= 4 is 34.2 Å². The van der Waals surface area contributed by atoms with E-state index in [0.717, 1.165) is 22.2 Å². The van der Waals surface area contributed by atoms with Crippen molar-refractivity contribution in [3.8, 4) is 5.75 Å². The molecule has 0 unspecified atom stereocenters. The number of rotatable bonds is 7. The molecule has 0 fully saturated rings. The number of methoxy groups -OCH3 is 1. The molecule has 0 aliphatic heterocycles. The minimum atomic E-state index is -0.779. The predicted octanol–water partition coefficient (Wildman–Crippen LogP) is 2.44. The number of fused-ring (bicyclic) bond motifs is 1. The van der Waals surface area contributed by atoms with Crippen molar-refractivity contribution in [2.75, 3.05) is 19.0 Å². The number of ketones is 1. The summed E-state index contributed by atoms with van der Waals surface area (Å²) >= 11 is 0. The van der Waals surface area contributed by atoms with E-state index in [0.29, 0.717) is 30.0 Å². The van der Waals surface area contributed by atoms with E-state index in [4.69, 9.17) is 4.74 Å². The molecule has 3 N–H and O–H groups in total. The van der Waals surface area contributed by atoms with Crippen LogP contribution in [0, 0.1) is 0 Å². The summed E-state index contributed by atoms with van der Waals surface area (Å²) in [6.07, 6.45) is 5.67. The first-order valence-corrected chi connectivity index (χ1v) is 10.3. The Morgan fingerprint density at radius 2 is 1.88 bits per heavy atom. The number of hydrogen-bond acceptors (Lipinski definition) is 5. The lowest BCUT2D eigenvalue weighted by Gasteiger charge is -2.07. The first-order chi connectivity index (χ1) is 16.0. The Balaban J connectivity index is 1.30. The number of nitrogens with zero attached hydrogens (tertiary/aromatic N) is 2. The molecule has 168 valence electrons. The Morgan fingerprint density at radius 1 is 1.09 bits per heavy atom. The smallest absolute Gasteiger partial charge is 0.313 e. The number of ether oxygens (including phenoxy) is 1. The van der Waals surface area contributed by atoms with Gasteiger partial charge in [-0.15, -0.1) is 0 Å². The summed E-state index contributed by atoms with van der Waals surface area (Å²) in [5.74, 6) is -0.674. The van der Waals surface area contributed by atoms with Gasteiger partial charge in [0.25, 0.3) is 0 Å². The second-order valence-electron chi connectivity index (χ2n) is 7.45. The van der Waals surface area contributed by atoms with Gasteiger partial charge < -0.3 is 24.9 Å². The number of H-pyrrole nitrogens is 1. The van der Waals surface area contributed by atoms with Gasteiger partial charge in [0.2, 0.25) is 5.78 Å². The molecule has 9 heteroatoms.